The molecule has 1 rings (SSSR count). The van der Waals surface area contributed by atoms with E-state index in [0.717, 1.165) is 6.07 Å². The van der Waals surface area contributed by atoms with Gasteiger partial charge < -0.3 is 14.6 Å². The van der Waals surface area contributed by atoms with Gasteiger partial charge in [-0.15, -0.1) is 13.2 Å². The largest absolute Gasteiger partial charge is 0.573 e. The van der Waals surface area contributed by atoms with Crippen LogP contribution in [0.5, 0.6) is 17.2 Å². The highest BCUT2D eigenvalue weighted by atomic mass is 19.4. The van der Waals surface area contributed by atoms with Crippen molar-refractivity contribution in [2.45, 2.75) is 26.1 Å². The number of alkyl halides is 3. The van der Waals surface area contributed by atoms with Crippen LogP contribution >= 0.6 is 0 Å². The van der Waals surface area contributed by atoms with Gasteiger partial charge in [0.2, 0.25) is 0 Å². The van der Waals surface area contributed by atoms with E-state index in [9.17, 15) is 18.3 Å². The predicted octanol–water partition coefficient (Wildman–Crippen LogP) is 3.42. The molecule has 96 valence electrons. The minimum atomic E-state index is -4.82. The second-order valence-electron chi connectivity index (χ2n) is 3.76. The molecule has 0 saturated heterocycles. The molecule has 6 heteroatoms. The molecule has 0 aromatic heterocycles. The summed E-state index contributed by atoms with van der Waals surface area (Å²) < 4.78 is 44.8. The quantitative estimate of drug-likeness (QED) is 0.893. The summed E-state index contributed by atoms with van der Waals surface area (Å²) in [4.78, 5) is 0. The fourth-order valence-electron chi connectivity index (χ4n) is 1.39. The van der Waals surface area contributed by atoms with Crippen molar-refractivity contribution in [1.82, 2.24) is 0 Å². The van der Waals surface area contributed by atoms with E-state index < -0.39 is 12.1 Å². The van der Waals surface area contributed by atoms with Crippen LogP contribution in [-0.2, 0) is 0 Å². The number of hydrogen-bond donors (Lipinski definition) is 1. The molecule has 0 fully saturated rings. The van der Waals surface area contributed by atoms with Crippen molar-refractivity contribution in [3.63, 3.8) is 0 Å². The van der Waals surface area contributed by atoms with Crippen molar-refractivity contribution >= 4 is 0 Å². The molecule has 0 atom stereocenters. The number of aromatic hydroxyl groups is 1. The van der Waals surface area contributed by atoms with Crippen LogP contribution in [0.1, 0.15) is 25.3 Å². The van der Waals surface area contributed by atoms with E-state index in [-0.39, 0.29) is 17.4 Å². The van der Waals surface area contributed by atoms with E-state index in [0.29, 0.717) is 5.56 Å². The molecule has 0 radical (unpaired) electrons. The number of methoxy groups -OCH3 is 1. The topological polar surface area (TPSA) is 38.7 Å². The average molecular weight is 250 g/mol. The molecule has 1 N–H and O–H groups in total. The van der Waals surface area contributed by atoms with Crippen LogP contribution in [0.15, 0.2) is 12.1 Å². The maximum absolute atomic E-state index is 12.1. The lowest BCUT2D eigenvalue weighted by atomic mass is 10.0. The number of halogens is 3. The summed E-state index contributed by atoms with van der Waals surface area (Å²) in [5.41, 5.74) is 0.497. The Morgan fingerprint density at radius 1 is 1.18 bits per heavy atom. The first-order valence-corrected chi connectivity index (χ1v) is 4.91. The molecule has 0 aliphatic heterocycles. The van der Waals surface area contributed by atoms with Crippen molar-refractivity contribution in [1.29, 1.82) is 0 Å². The first-order valence-electron chi connectivity index (χ1n) is 4.91. The molecule has 0 bridgehead atoms. The maximum atomic E-state index is 12.1. The molecular formula is C11H13F3O3. The first kappa shape index (κ1) is 13.5. The van der Waals surface area contributed by atoms with Crippen LogP contribution in [0.3, 0.4) is 0 Å². The van der Waals surface area contributed by atoms with Gasteiger partial charge in [0.1, 0.15) is 5.75 Å². The molecule has 0 unspecified atom stereocenters. The molecule has 3 nitrogen and oxygen atoms in total. The lowest BCUT2D eigenvalue weighted by molar-refractivity contribution is -0.275. The van der Waals surface area contributed by atoms with Crippen LogP contribution in [-0.4, -0.2) is 18.6 Å². The van der Waals surface area contributed by atoms with Gasteiger partial charge in [0.05, 0.1) is 7.11 Å². The van der Waals surface area contributed by atoms with Crippen molar-refractivity contribution in [2.75, 3.05) is 7.11 Å². The minimum Gasteiger partial charge on any atom is -0.508 e. The van der Waals surface area contributed by atoms with Crippen LogP contribution < -0.4 is 9.47 Å². The summed E-state index contributed by atoms with van der Waals surface area (Å²) in [5.74, 6) is -0.908. The highest BCUT2D eigenvalue weighted by Crippen LogP contribution is 2.39. The van der Waals surface area contributed by atoms with Crippen LogP contribution in [0.4, 0.5) is 13.2 Å². The Hall–Kier alpha value is -1.59. The van der Waals surface area contributed by atoms with Crippen molar-refractivity contribution in [3.8, 4) is 17.2 Å². The summed E-state index contributed by atoms with van der Waals surface area (Å²) in [7, 11) is 1.24. The molecule has 17 heavy (non-hydrogen) atoms. The van der Waals surface area contributed by atoms with Gasteiger partial charge in [-0.25, -0.2) is 0 Å². The molecular weight excluding hydrogens is 237 g/mol. The van der Waals surface area contributed by atoms with Gasteiger partial charge in [0.15, 0.2) is 11.5 Å². The zero-order chi connectivity index (χ0) is 13.2. The van der Waals surface area contributed by atoms with E-state index in [2.05, 4.69) is 4.74 Å². The third-order valence-electron chi connectivity index (χ3n) is 2.16. The van der Waals surface area contributed by atoms with Gasteiger partial charge in [-0.2, -0.15) is 0 Å². The maximum Gasteiger partial charge on any atom is 0.573 e. The van der Waals surface area contributed by atoms with Gasteiger partial charge in [0, 0.05) is 11.6 Å². The van der Waals surface area contributed by atoms with E-state index in [1.54, 1.807) is 13.8 Å². The van der Waals surface area contributed by atoms with E-state index in [1.165, 1.54) is 13.2 Å². The highest BCUT2D eigenvalue weighted by molar-refractivity contribution is 5.51. The van der Waals surface area contributed by atoms with Gasteiger partial charge in [-0.3, -0.25) is 0 Å². The van der Waals surface area contributed by atoms with Gasteiger partial charge >= 0.3 is 6.36 Å². The second-order valence-corrected chi connectivity index (χ2v) is 3.76. The fourth-order valence-corrected chi connectivity index (χ4v) is 1.39. The number of rotatable bonds is 3. The zero-order valence-electron chi connectivity index (χ0n) is 9.63. The molecule has 0 heterocycles. The summed E-state index contributed by atoms with van der Waals surface area (Å²) in [6, 6.07) is 2.24. The number of phenols is 1. The van der Waals surface area contributed by atoms with Crippen molar-refractivity contribution in [3.05, 3.63) is 17.7 Å². The summed E-state index contributed by atoms with van der Waals surface area (Å²) in [5, 5.41) is 9.58. The summed E-state index contributed by atoms with van der Waals surface area (Å²) in [6.07, 6.45) is -4.82. The van der Waals surface area contributed by atoms with Crippen LogP contribution in [0.25, 0.3) is 0 Å². The first-order chi connectivity index (χ1) is 7.74. The summed E-state index contributed by atoms with van der Waals surface area (Å²) >= 11 is 0. The predicted molar refractivity (Wildman–Crippen MR) is 55.4 cm³/mol. The van der Waals surface area contributed by atoms with Gasteiger partial charge in [-0.05, 0) is 12.0 Å². The third-order valence-corrected chi connectivity index (χ3v) is 2.16. The standard InChI is InChI=1S/C11H13F3O3/c1-6(2)7-4-9(16-3)10(5-8(7)15)17-11(12,13)14/h4-6,15H,1-3H3. The Balaban J connectivity index is 3.19. The second kappa shape index (κ2) is 4.73. The third kappa shape index (κ3) is 3.44. The molecule has 0 spiro atoms. The monoisotopic (exact) mass is 250 g/mol. The lowest BCUT2D eigenvalue weighted by Crippen LogP contribution is -2.17. The smallest absolute Gasteiger partial charge is 0.508 e. The molecule has 0 amide bonds. The average Bonchev–Trinajstić information content (AvgIpc) is 2.14. The minimum absolute atomic E-state index is 0.0381. The molecule has 1 aromatic rings. The molecule has 0 aliphatic rings. The van der Waals surface area contributed by atoms with Crippen LogP contribution in [0, 0.1) is 0 Å². The van der Waals surface area contributed by atoms with Gasteiger partial charge in [0.25, 0.3) is 0 Å². The Kier molecular flexibility index (Phi) is 3.75. The van der Waals surface area contributed by atoms with Crippen molar-refractivity contribution < 1.29 is 27.8 Å². The molecule has 0 aliphatic carbocycles. The zero-order valence-corrected chi connectivity index (χ0v) is 9.63. The SMILES string of the molecule is COc1cc(C(C)C)c(O)cc1OC(F)(F)F. The Morgan fingerprint density at radius 3 is 2.18 bits per heavy atom. The summed E-state index contributed by atoms with van der Waals surface area (Å²) in [6.45, 7) is 3.61. The van der Waals surface area contributed by atoms with E-state index in [4.69, 9.17) is 4.74 Å². The van der Waals surface area contributed by atoms with E-state index in [1.807, 2.05) is 0 Å². The number of benzene rings is 1. The number of hydrogen-bond acceptors (Lipinski definition) is 3. The molecule has 1 aromatic carbocycles. The fraction of sp³-hybridized carbons (Fsp3) is 0.455. The lowest BCUT2D eigenvalue weighted by Gasteiger charge is -2.16. The highest BCUT2D eigenvalue weighted by Gasteiger charge is 2.33. The van der Waals surface area contributed by atoms with Gasteiger partial charge in [-0.1, -0.05) is 13.8 Å². The Morgan fingerprint density at radius 2 is 1.76 bits per heavy atom. The Labute approximate surface area is 96.8 Å². The van der Waals surface area contributed by atoms with Crippen LogP contribution in [0.2, 0.25) is 0 Å². The van der Waals surface area contributed by atoms with Crippen molar-refractivity contribution in [2.24, 2.45) is 0 Å². The Bertz CT molecular complexity index is 400. The normalized spacial score (nSPS) is 11.7. The number of phenolic OH excluding ortho intramolecular Hbond substituents is 1. The molecule has 0 saturated carbocycles. The number of ether oxygens (including phenoxy) is 2. The van der Waals surface area contributed by atoms with E-state index >= 15 is 0 Å².